The number of fused-ring (bicyclic) bond motifs is 1. The summed E-state index contributed by atoms with van der Waals surface area (Å²) in [4.78, 5) is 4.51. The Kier molecular flexibility index (Phi) is 3.39. The van der Waals surface area contributed by atoms with Gasteiger partial charge in [-0.3, -0.25) is 0 Å². The molecular weight excluding hydrogens is 214 g/mol. The van der Waals surface area contributed by atoms with E-state index in [2.05, 4.69) is 11.1 Å². The van der Waals surface area contributed by atoms with E-state index in [9.17, 15) is 0 Å². The van der Waals surface area contributed by atoms with Crippen LogP contribution >= 0.6 is 23.1 Å². The van der Waals surface area contributed by atoms with Gasteiger partial charge in [0.25, 0.3) is 0 Å². The van der Waals surface area contributed by atoms with E-state index in [1.165, 1.54) is 4.70 Å². The maximum absolute atomic E-state index is 4.99. The second kappa shape index (κ2) is 4.77. The molecular formula is C10H11NOS2. The lowest BCUT2D eigenvalue weighted by molar-refractivity contribution is 0.218. The van der Waals surface area contributed by atoms with Gasteiger partial charge in [-0.05, 0) is 12.1 Å². The number of thiazole rings is 1. The van der Waals surface area contributed by atoms with Crippen molar-refractivity contribution in [2.24, 2.45) is 0 Å². The zero-order valence-electron chi connectivity index (χ0n) is 7.90. The first kappa shape index (κ1) is 9.96. The quantitative estimate of drug-likeness (QED) is 0.590. The molecule has 14 heavy (non-hydrogen) atoms. The molecule has 0 aliphatic heterocycles. The molecule has 4 heteroatoms. The molecule has 0 saturated heterocycles. The fourth-order valence-corrected chi connectivity index (χ4v) is 3.16. The second-order valence-corrected chi connectivity index (χ2v) is 5.16. The molecule has 0 aliphatic rings. The number of aromatic nitrogens is 1. The zero-order valence-corrected chi connectivity index (χ0v) is 9.53. The van der Waals surface area contributed by atoms with Crippen LogP contribution in [0.2, 0.25) is 0 Å². The predicted octanol–water partition coefficient (Wildman–Crippen LogP) is 3.03. The van der Waals surface area contributed by atoms with Gasteiger partial charge in [0.15, 0.2) is 4.34 Å². The Morgan fingerprint density at radius 1 is 1.43 bits per heavy atom. The van der Waals surface area contributed by atoms with Gasteiger partial charge in [0.2, 0.25) is 0 Å². The summed E-state index contributed by atoms with van der Waals surface area (Å²) in [5.74, 6) is 0.969. The third kappa shape index (κ3) is 2.26. The van der Waals surface area contributed by atoms with E-state index in [0.717, 1.165) is 22.2 Å². The van der Waals surface area contributed by atoms with Gasteiger partial charge in [-0.15, -0.1) is 11.3 Å². The van der Waals surface area contributed by atoms with Crippen molar-refractivity contribution < 1.29 is 4.74 Å². The number of ether oxygens (including phenoxy) is 1. The predicted molar refractivity (Wildman–Crippen MR) is 62.2 cm³/mol. The molecule has 2 aromatic rings. The number of para-hydroxylation sites is 1. The monoisotopic (exact) mass is 225 g/mol. The van der Waals surface area contributed by atoms with Crippen molar-refractivity contribution in [2.75, 3.05) is 19.5 Å². The van der Waals surface area contributed by atoms with Crippen LogP contribution in [0.3, 0.4) is 0 Å². The van der Waals surface area contributed by atoms with Crippen molar-refractivity contribution >= 4 is 33.3 Å². The number of benzene rings is 1. The third-order valence-corrected chi connectivity index (χ3v) is 3.93. The summed E-state index contributed by atoms with van der Waals surface area (Å²) >= 11 is 3.50. The number of thioether (sulfide) groups is 1. The molecule has 2 rings (SSSR count). The van der Waals surface area contributed by atoms with Crippen LogP contribution in [0.5, 0.6) is 0 Å². The lowest BCUT2D eigenvalue weighted by Crippen LogP contribution is -1.90. The largest absolute Gasteiger partial charge is 0.384 e. The van der Waals surface area contributed by atoms with E-state index in [1.54, 1.807) is 30.2 Å². The van der Waals surface area contributed by atoms with E-state index in [-0.39, 0.29) is 0 Å². The third-order valence-electron chi connectivity index (χ3n) is 1.79. The van der Waals surface area contributed by atoms with Crippen LogP contribution in [0, 0.1) is 0 Å². The Morgan fingerprint density at radius 2 is 2.29 bits per heavy atom. The van der Waals surface area contributed by atoms with E-state index in [4.69, 9.17) is 4.74 Å². The number of nitrogens with zero attached hydrogens (tertiary/aromatic N) is 1. The average Bonchev–Trinajstić information content (AvgIpc) is 2.60. The van der Waals surface area contributed by atoms with Crippen molar-refractivity contribution in [3.05, 3.63) is 24.3 Å². The van der Waals surface area contributed by atoms with E-state index in [0.29, 0.717) is 0 Å². The number of hydrogen-bond acceptors (Lipinski definition) is 4. The molecule has 0 saturated carbocycles. The maximum Gasteiger partial charge on any atom is 0.151 e. The fraction of sp³-hybridized carbons (Fsp3) is 0.300. The molecule has 0 N–H and O–H groups in total. The van der Waals surface area contributed by atoms with Crippen molar-refractivity contribution in [1.82, 2.24) is 4.98 Å². The van der Waals surface area contributed by atoms with Gasteiger partial charge < -0.3 is 4.74 Å². The molecule has 1 heterocycles. The lowest BCUT2D eigenvalue weighted by atomic mass is 10.3. The summed E-state index contributed by atoms with van der Waals surface area (Å²) in [7, 11) is 1.72. The Morgan fingerprint density at radius 3 is 3.07 bits per heavy atom. The van der Waals surface area contributed by atoms with Gasteiger partial charge >= 0.3 is 0 Å². The Hall–Kier alpha value is -0.580. The topological polar surface area (TPSA) is 22.1 Å². The van der Waals surface area contributed by atoms with Crippen molar-refractivity contribution in [1.29, 1.82) is 0 Å². The Labute approximate surface area is 91.3 Å². The summed E-state index contributed by atoms with van der Waals surface area (Å²) in [6.45, 7) is 0.778. The molecule has 0 fully saturated rings. The van der Waals surface area contributed by atoms with Gasteiger partial charge in [-0.1, -0.05) is 23.9 Å². The standard InChI is InChI=1S/C10H11NOS2/c1-12-6-7-13-10-11-8-4-2-3-5-9(8)14-10/h2-5H,6-7H2,1H3. The highest BCUT2D eigenvalue weighted by Crippen LogP contribution is 2.28. The molecule has 0 bridgehead atoms. The van der Waals surface area contributed by atoms with Crippen LogP contribution in [-0.4, -0.2) is 24.5 Å². The van der Waals surface area contributed by atoms with Crippen molar-refractivity contribution in [2.45, 2.75) is 4.34 Å². The normalized spacial score (nSPS) is 10.9. The van der Waals surface area contributed by atoms with Gasteiger partial charge in [-0.25, -0.2) is 4.98 Å². The summed E-state index contributed by atoms with van der Waals surface area (Å²) in [5, 5.41) is 0. The molecule has 1 aromatic carbocycles. The van der Waals surface area contributed by atoms with Crippen molar-refractivity contribution in [3.8, 4) is 0 Å². The highest BCUT2D eigenvalue weighted by molar-refractivity contribution is 8.01. The molecule has 0 spiro atoms. The molecule has 1 aromatic heterocycles. The maximum atomic E-state index is 4.99. The lowest BCUT2D eigenvalue weighted by Gasteiger charge is -1.94. The summed E-state index contributed by atoms with van der Waals surface area (Å²) in [6, 6.07) is 8.22. The van der Waals surface area contributed by atoms with Crippen LogP contribution in [0.15, 0.2) is 28.6 Å². The highest BCUT2D eigenvalue weighted by atomic mass is 32.2. The van der Waals surface area contributed by atoms with Crippen LogP contribution < -0.4 is 0 Å². The van der Waals surface area contributed by atoms with Crippen molar-refractivity contribution in [3.63, 3.8) is 0 Å². The molecule has 0 unspecified atom stereocenters. The summed E-state index contributed by atoms with van der Waals surface area (Å²) < 4.78 is 7.38. The minimum absolute atomic E-state index is 0.778. The second-order valence-electron chi connectivity index (χ2n) is 2.79. The minimum Gasteiger partial charge on any atom is -0.384 e. The minimum atomic E-state index is 0.778. The number of rotatable bonds is 4. The molecule has 0 aliphatic carbocycles. The number of hydrogen-bond donors (Lipinski definition) is 0. The van der Waals surface area contributed by atoms with E-state index in [1.807, 2.05) is 18.2 Å². The molecule has 0 atom stereocenters. The smallest absolute Gasteiger partial charge is 0.151 e. The number of methoxy groups -OCH3 is 1. The average molecular weight is 225 g/mol. The van der Waals surface area contributed by atoms with Gasteiger partial charge in [-0.2, -0.15) is 0 Å². The summed E-state index contributed by atoms with van der Waals surface area (Å²) in [5.41, 5.74) is 1.09. The highest BCUT2D eigenvalue weighted by Gasteiger charge is 2.02. The molecule has 74 valence electrons. The SMILES string of the molecule is COCCSc1nc2ccccc2s1. The van der Waals surface area contributed by atoms with Crippen LogP contribution in [0.4, 0.5) is 0 Å². The summed E-state index contributed by atoms with van der Waals surface area (Å²) in [6.07, 6.45) is 0. The van der Waals surface area contributed by atoms with Gasteiger partial charge in [0, 0.05) is 12.9 Å². The van der Waals surface area contributed by atoms with E-state index < -0.39 is 0 Å². The van der Waals surface area contributed by atoms with E-state index >= 15 is 0 Å². The van der Waals surface area contributed by atoms with Crippen LogP contribution in [0.25, 0.3) is 10.2 Å². The van der Waals surface area contributed by atoms with Crippen LogP contribution in [-0.2, 0) is 4.74 Å². The first-order valence-corrected chi connectivity index (χ1v) is 6.17. The zero-order chi connectivity index (χ0) is 9.80. The first-order valence-electron chi connectivity index (χ1n) is 4.37. The molecule has 2 nitrogen and oxygen atoms in total. The van der Waals surface area contributed by atoms with Gasteiger partial charge in [0.05, 0.1) is 16.8 Å². The fourth-order valence-electron chi connectivity index (χ4n) is 1.13. The van der Waals surface area contributed by atoms with Gasteiger partial charge in [0.1, 0.15) is 0 Å². The molecule has 0 amide bonds. The first-order chi connectivity index (χ1) is 6.90. The molecule has 0 radical (unpaired) electrons. The Balaban J connectivity index is 2.11. The van der Waals surface area contributed by atoms with Crippen LogP contribution in [0.1, 0.15) is 0 Å². The Bertz CT molecular complexity index is 380.